The molecule has 0 amide bonds. The molecule has 0 aliphatic rings. The van der Waals surface area contributed by atoms with Gasteiger partial charge in [-0.05, 0) is 81.6 Å². The Morgan fingerprint density at radius 2 is 1.24 bits per heavy atom. The van der Waals surface area contributed by atoms with Gasteiger partial charge in [-0.25, -0.2) is 4.98 Å². The minimum absolute atomic E-state index is 0.0410. The highest BCUT2D eigenvalue weighted by atomic mass is 32.1. The second-order valence-corrected chi connectivity index (χ2v) is 14.4. The van der Waals surface area contributed by atoms with Crippen molar-refractivity contribution in [2.24, 2.45) is 0 Å². The third kappa shape index (κ3) is 4.53. The number of benzene rings is 5. The number of hydrogen-bond donors (Lipinski definition) is 0. The topological polar surface area (TPSA) is 17.8 Å². The van der Waals surface area contributed by atoms with Crippen molar-refractivity contribution < 1.29 is 0 Å². The molecule has 0 radical (unpaired) electrons. The number of nitrogens with zero attached hydrogens (tertiary/aromatic N) is 2. The third-order valence-corrected chi connectivity index (χ3v) is 9.55. The van der Waals surface area contributed by atoms with Gasteiger partial charge in [-0.1, -0.05) is 102 Å². The van der Waals surface area contributed by atoms with Gasteiger partial charge in [0.2, 0.25) is 0 Å². The maximum atomic E-state index is 5.08. The van der Waals surface area contributed by atoms with E-state index in [0.717, 1.165) is 28.1 Å². The smallest absolute Gasteiger partial charge is 0.145 e. The molecule has 0 saturated heterocycles. The summed E-state index contributed by atoms with van der Waals surface area (Å²) in [6, 6.07) is 39.8. The van der Waals surface area contributed by atoms with Crippen LogP contribution in [0.4, 0.5) is 0 Å². The molecule has 7 rings (SSSR count). The van der Waals surface area contributed by atoms with Gasteiger partial charge < -0.3 is 0 Å². The highest BCUT2D eigenvalue weighted by Crippen LogP contribution is 2.44. The average molecular weight is 565 g/mol. The van der Waals surface area contributed by atoms with Crippen LogP contribution in [0.25, 0.3) is 59.4 Å². The maximum absolute atomic E-state index is 5.08. The fraction of sp³-hybridized carbons (Fsp3) is 0.205. The normalized spacial score (nSPS) is 12.5. The van der Waals surface area contributed by atoms with Crippen molar-refractivity contribution in [3.63, 3.8) is 0 Å². The van der Waals surface area contributed by atoms with Crippen LogP contribution in [0.1, 0.15) is 52.7 Å². The molecule has 0 N–H and O–H groups in total. The van der Waals surface area contributed by atoms with E-state index in [4.69, 9.17) is 4.98 Å². The van der Waals surface area contributed by atoms with E-state index in [-0.39, 0.29) is 10.8 Å². The van der Waals surface area contributed by atoms with Crippen molar-refractivity contribution in [1.82, 2.24) is 9.55 Å². The lowest BCUT2D eigenvalue weighted by atomic mass is 9.83. The molecule has 5 aromatic carbocycles. The molecule has 0 atom stereocenters. The van der Waals surface area contributed by atoms with E-state index in [9.17, 15) is 0 Å². The zero-order valence-corrected chi connectivity index (χ0v) is 26.0. The minimum atomic E-state index is 0.0410. The van der Waals surface area contributed by atoms with Gasteiger partial charge in [-0.3, -0.25) is 4.57 Å². The van der Waals surface area contributed by atoms with Crippen LogP contribution in [0.5, 0.6) is 0 Å². The van der Waals surface area contributed by atoms with Crippen LogP contribution < -0.4 is 0 Å². The predicted octanol–water partition coefficient (Wildman–Crippen LogP) is 11.3. The SMILES string of the molecule is CC(C)(C)c1ccc2sc3c(-c4ccc(-c5nc6ccccc6n5-c5ccccc5)cc4)cc(C(C)(C)C)cc3c2c1. The molecule has 0 saturated carbocycles. The zero-order chi connectivity index (χ0) is 29.2. The van der Waals surface area contributed by atoms with E-state index in [2.05, 4.69) is 155 Å². The molecule has 2 heterocycles. The molecule has 0 unspecified atom stereocenters. The van der Waals surface area contributed by atoms with Crippen molar-refractivity contribution >= 4 is 42.5 Å². The monoisotopic (exact) mass is 564 g/mol. The van der Waals surface area contributed by atoms with Crippen molar-refractivity contribution in [2.75, 3.05) is 0 Å². The first-order valence-electron chi connectivity index (χ1n) is 14.7. The fourth-order valence-corrected chi connectivity index (χ4v) is 7.05. The Balaban J connectivity index is 1.41. The van der Waals surface area contributed by atoms with Gasteiger partial charge >= 0.3 is 0 Å². The third-order valence-electron chi connectivity index (χ3n) is 8.33. The van der Waals surface area contributed by atoms with Crippen LogP contribution in [0.3, 0.4) is 0 Å². The lowest BCUT2D eigenvalue weighted by Gasteiger charge is -2.21. The van der Waals surface area contributed by atoms with Gasteiger partial charge in [-0.15, -0.1) is 11.3 Å². The van der Waals surface area contributed by atoms with Crippen molar-refractivity contribution in [3.05, 3.63) is 120 Å². The molecular formula is C39H36N2S. The molecule has 0 aliphatic heterocycles. The second kappa shape index (κ2) is 9.68. The van der Waals surface area contributed by atoms with Crippen LogP contribution in [0.2, 0.25) is 0 Å². The summed E-state index contributed by atoms with van der Waals surface area (Å²) >= 11 is 1.91. The lowest BCUT2D eigenvalue weighted by molar-refractivity contribution is 0.590. The fourth-order valence-electron chi connectivity index (χ4n) is 5.85. The van der Waals surface area contributed by atoms with Gasteiger partial charge in [0.25, 0.3) is 0 Å². The number of hydrogen-bond acceptors (Lipinski definition) is 2. The number of imidazole rings is 1. The lowest BCUT2D eigenvalue weighted by Crippen LogP contribution is -2.11. The highest BCUT2D eigenvalue weighted by molar-refractivity contribution is 7.26. The Kier molecular flexibility index (Phi) is 6.14. The van der Waals surface area contributed by atoms with Crippen LogP contribution in [-0.4, -0.2) is 9.55 Å². The van der Waals surface area contributed by atoms with E-state index in [1.165, 1.54) is 42.4 Å². The molecule has 208 valence electrons. The second-order valence-electron chi connectivity index (χ2n) is 13.4. The summed E-state index contributed by atoms with van der Waals surface area (Å²) in [5.74, 6) is 0.958. The van der Waals surface area contributed by atoms with Crippen LogP contribution in [-0.2, 0) is 10.8 Å². The van der Waals surface area contributed by atoms with Crippen molar-refractivity contribution in [2.45, 2.75) is 52.4 Å². The molecule has 0 bridgehead atoms. The van der Waals surface area contributed by atoms with E-state index in [1.807, 2.05) is 11.3 Å². The quantitative estimate of drug-likeness (QED) is 0.209. The van der Waals surface area contributed by atoms with Gasteiger partial charge in [0.1, 0.15) is 5.82 Å². The zero-order valence-electron chi connectivity index (χ0n) is 25.2. The summed E-state index contributed by atoms with van der Waals surface area (Å²) < 4.78 is 4.97. The van der Waals surface area contributed by atoms with Gasteiger partial charge in [-0.2, -0.15) is 0 Å². The van der Waals surface area contributed by atoms with Crippen LogP contribution >= 0.6 is 11.3 Å². The maximum Gasteiger partial charge on any atom is 0.145 e. The predicted molar refractivity (Wildman–Crippen MR) is 182 cm³/mol. The largest absolute Gasteiger partial charge is 0.292 e. The molecule has 7 aromatic rings. The number of aromatic nitrogens is 2. The molecule has 2 nitrogen and oxygen atoms in total. The highest BCUT2D eigenvalue weighted by Gasteiger charge is 2.21. The number of para-hydroxylation sites is 3. The Hall–Kier alpha value is -4.21. The molecule has 0 spiro atoms. The number of fused-ring (bicyclic) bond motifs is 4. The molecule has 3 heteroatoms. The molecular weight excluding hydrogens is 529 g/mol. The minimum Gasteiger partial charge on any atom is -0.292 e. The van der Waals surface area contributed by atoms with E-state index >= 15 is 0 Å². The summed E-state index contributed by atoms with van der Waals surface area (Å²) in [5.41, 5.74) is 9.76. The average Bonchev–Trinajstić information content (AvgIpc) is 3.55. The van der Waals surface area contributed by atoms with Gasteiger partial charge in [0.15, 0.2) is 0 Å². The van der Waals surface area contributed by atoms with Gasteiger partial charge in [0.05, 0.1) is 11.0 Å². The Labute approximate surface area is 252 Å². The van der Waals surface area contributed by atoms with Crippen LogP contribution in [0, 0.1) is 0 Å². The van der Waals surface area contributed by atoms with Gasteiger partial charge in [0, 0.05) is 31.4 Å². The standard InChI is InChI=1S/C39H36N2S/c1-38(2,3)27-20-21-35-31(22-27)32-24-28(39(4,5)6)23-30(36(32)42-35)25-16-18-26(19-17-25)37-40-33-14-10-11-15-34(33)41(37)29-12-8-7-9-13-29/h7-24H,1-6H3. The summed E-state index contributed by atoms with van der Waals surface area (Å²) in [6.45, 7) is 13.8. The van der Waals surface area contributed by atoms with Crippen molar-refractivity contribution in [1.29, 1.82) is 0 Å². The molecule has 42 heavy (non-hydrogen) atoms. The summed E-state index contributed by atoms with van der Waals surface area (Å²) in [6.07, 6.45) is 0. The van der Waals surface area contributed by atoms with E-state index in [1.54, 1.807) is 0 Å². The molecule has 0 aliphatic carbocycles. The Morgan fingerprint density at radius 3 is 1.95 bits per heavy atom. The summed E-state index contributed by atoms with van der Waals surface area (Å²) in [7, 11) is 0. The first kappa shape index (κ1) is 26.7. The molecule has 0 fully saturated rings. The summed E-state index contributed by atoms with van der Waals surface area (Å²) in [5, 5.41) is 2.72. The van der Waals surface area contributed by atoms with Crippen molar-refractivity contribution in [3.8, 4) is 28.2 Å². The van der Waals surface area contributed by atoms with E-state index in [0.29, 0.717) is 0 Å². The Bertz CT molecular complexity index is 2080. The number of thiophene rings is 1. The molecule has 2 aromatic heterocycles. The van der Waals surface area contributed by atoms with Crippen LogP contribution in [0.15, 0.2) is 109 Å². The first-order valence-corrected chi connectivity index (χ1v) is 15.5. The van der Waals surface area contributed by atoms with E-state index < -0.39 is 0 Å². The number of rotatable bonds is 3. The summed E-state index contributed by atoms with van der Waals surface area (Å²) in [4.78, 5) is 5.08. The Morgan fingerprint density at radius 1 is 0.595 bits per heavy atom. The first-order chi connectivity index (χ1) is 20.1.